The molecule has 0 saturated heterocycles. The molecule has 1 aromatic rings. The maximum Gasteiger partial charge on any atom is 0.0701 e. The van der Waals surface area contributed by atoms with Crippen LogP contribution < -0.4 is 5.32 Å². The molecular weight excluding hydrogens is 298 g/mol. The van der Waals surface area contributed by atoms with E-state index in [4.69, 9.17) is 4.74 Å². The van der Waals surface area contributed by atoms with Crippen molar-refractivity contribution < 1.29 is 4.74 Å². The molecule has 1 heterocycles. The summed E-state index contributed by atoms with van der Waals surface area (Å²) in [5.41, 5.74) is -0.0395. The zero-order valence-electron chi connectivity index (χ0n) is 11.0. The summed E-state index contributed by atoms with van der Waals surface area (Å²) < 4.78 is 6.67. The summed E-state index contributed by atoms with van der Waals surface area (Å²) in [4.78, 5) is 1.39. The molecule has 0 amide bonds. The quantitative estimate of drug-likeness (QED) is 0.806. The lowest BCUT2D eigenvalue weighted by Crippen LogP contribution is -2.27. The number of rotatable bonds is 7. The van der Waals surface area contributed by atoms with Gasteiger partial charge in [0.15, 0.2) is 0 Å². The average molecular weight is 320 g/mol. The fourth-order valence-corrected chi connectivity index (χ4v) is 3.23. The minimum absolute atomic E-state index is 0.0395. The van der Waals surface area contributed by atoms with Gasteiger partial charge in [0.25, 0.3) is 0 Å². The number of methoxy groups -OCH3 is 1. The summed E-state index contributed by atoms with van der Waals surface area (Å²) in [5, 5.41) is 3.54. The van der Waals surface area contributed by atoms with Crippen LogP contribution in [0.3, 0.4) is 0 Å². The van der Waals surface area contributed by atoms with Crippen molar-refractivity contribution in [1.82, 2.24) is 5.32 Å². The van der Waals surface area contributed by atoms with Crippen LogP contribution in [-0.4, -0.2) is 19.3 Å². The smallest absolute Gasteiger partial charge is 0.0701 e. The summed E-state index contributed by atoms with van der Waals surface area (Å²) >= 11 is 5.33. The highest BCUT2D eigenvalue weighted by Crippen LogP contribution is 2.31. The molecule has 1 rings (SSSR count). The van der Waals surface area contributed by atoms with Gasteiger partial charge in [-0.05, 0) is 61.3 Å². The summed E-state index contributed by atoms with van der Waals surface area (Å²) in [6.45, 7) is 7.42. The first kappa shape index (κ1) is 15.2. The summed E-state index contributed by atoms with van der Waals surface area (Å²) in [5.74, 6) is 0. The molecule has 0 bridgehead atoms. The first-order valence-corrected chi connectivity index (χ1v) is 7.63. The van der Waals surface area contributed by atoms with Crippen LogP contribution in [0.25, 0.3) is 0 Å². The van der Waals surface area contributed by atoms with Gasteiger partial charge in [-0.15, -0.1) is 11.3 Å². The minimum Gasteiger partial charge on any atom is -0.379 e. The molecule has 0 spiro atoms. The molecule has 1 aromatic heterocycles. The fraction of sp³-hybridized carbons (Fsp3) is 0.692. The molecule has 0 saturated carbocycles. The molecule has 1 N–H and O–H groups in total. The predicted octanol–water partition coefficient (Wildman–Crippen LogP) is 4.37. The van der Waals surface area contributed by atoms with E-state index in [1.54, 1.807) is 7.11 Å². The van der Waals surface area contributed by atoms with Gasteiger partial charge >= 0.3 is 0 Å². The van der Waals surface area contributed by atoms with Crippen LogP contribution in [-0.2, 0) is 4.74 Å². The van der Waals surface area contributed by atoms with Gasteiger partial charge in [0.05, 0.1) is 9.39 Å². The Morgan fingerprint density at radius 1 is 1.47 bits per heavy atom. The van der Waals surface area contributed by atoms with Crippen LogP contribution in [0.5, 0.6) is 0 Å². The van der Waals surface area contributed by atoms with Crippen LogP contribution in [0.1, 0.15) is 44.5 Å². The third kappa shape index (κ3) is 5.08. The molecule has 98 valence electrons. The van der Waals surface area contributed by atoms with Gasteiger partial charge in [0.2, 0.25) is 0 Å². The number of ether oxygens (including phenoxy) is 1. The summed E-state index contributed by atoms with van der Waals surface area (Å²) in [7, 11) is 1.78. The predicted molar refractivity (Wildman–Crippen MR) is 78.8 cm³/mol. The molecule has 0 radical (unpaired) electrons. The van der Waals surface area contributed by atoms with Crippen molar-refractivity contribution in [2.75, 3.05) is 13.7 Å². The topological polar surface area (TPSA) is 21.3 Å². The van der Waals surface area contributed by atoms with Crippen molar-refractivity contribution >= 4 is 27.3 Å². The maximum atomic E-state index is 5.47. The van der Waals surface area contributed by atoms with Crippen LogP contribution in [0.15, 0.2) is 15.9 Å². The second-order valence-corrected chi connectivity index (χ2v) is 7.25. The van der Waals surface area contributed by atoms with Crippen molar-refractivity contribution in [3.63, 3.8) is 0 Å². The van der Waals surface area contributed by atoms with E-state index in [0.29, 0.717) is 6.04 Å². The highest BCUT2D eigenvalue weighted by Gasteiger charge is 2.20. The van der Waals surface area contributed by atoms with E-state index < -0.39 is 0 Å². The average Bonchev–Trinajstić information content (AvgIpc) is 2.71. The second kappa shape index (κ2) is 6.88. The molecule has 1 unspecified atom stereocenters. The van der Waals surface area contributed by atoms with E-state index in [2.05, 4.69) is 54.2 Å². The Morgan fingerprint density at radius 2 is 2.18 bits per heavy atom. The van der Waals surface area contributed by atoms with Crippen LogP contribution in [0.2, 0.25) is 0 Å². The van der Waals surface area contributed by atoms with Crippen LogP contribution in [0.4, 0.5) is 0 Å². The lowest BCUT2D eigenvalue weighted by Gasteiger charge is -2.26. The van der Waals surface area contributed by atoms with E-state index in [1.165, 1.54) is 8.66 Å². The number of hydrogen-bond acceptors (Lipinski definition) is 3. The summed E-state index contributed by atoms with van der Waals surface area (Å²) in [6, 6.07) is 4.75. The molecule has 1 atom stereocenters. The molecule has 0 aromatic carbocycles. The van der Waals surface area contributed by atoms with Crippen LogP contribution in [0, 0.1) is 0 Å². The molecule has 0 aliphatic carbocycles. The minimum atomic E-state index is -0.0395. The van der Waals surface area contributed by atoms with Crippen molar-refractivity contribution in [1.29, 1.82) is 0 Å². The van der Waals surface area contributed by atoms with Crippen molar-refractivity contribution in [3.8, 4) is 0 Å². The lowest BCUT2D eigenvalue weighted by atomic mass is 9.98. The van der Waals surface area contributed by atoms with Gasteiger partial charge in [-0.3, -0.25) is 0 Å². The Labute approximate surface area is 117 Å². The van der Waals surface area contributed by atoms with Gasteiger partial charge in [-0.1, -0.05) is 6.92 Å². The lowest BCUT2D eigenvalue weighted by molar-refractivity contribution is 0.0118. The van der Waals surface area contributed by atoms with E-state index in [0.717, 1.165) is 19.4 Å². The van der Waals surface area contributed by atoms with Gasteiger partial charge in [0.1, 0.15) is 0 Å². The number of hydrogen-bond donors (Lipinski definition) is 1. The Morgan fingerprint density at radius 3 is 2.65 bits per heavy atom. The van der Waals surface area contributed by atoms with Gasteiger partial charge in [-0.25, -0.2) is 0 Å². The Hall–Kier alpha value is 0.1000. The monoisotopic (exact) mass is 319 g/mol. The van der Waals surface area contributed by atoms with Crippen molar-refractivity contribution in [2.45, 2.75) is 45.3 Å². The third-order valence-corrected chi connectivity index (χ3v) is 4.71. The SMILES string of the molecule is CCNC(CCC(C)(C)OC)c1ccc(Br)s1. The zero-order valence-corrected chi connectivity index (χ0v) is 13.5. The van der Waals surface area contributed by atoms with E-state index in [-0.39, 0.29) is 5.60 Å². The Kier molecular flexibility index (Phi) is 6.13. The molecule has 0 fully saturated rings. The highest BCUT2D eigenvalue weighted by molar-refractivity contribution is 9.11. The molecule has 0 aliphatic rings. The molecule has 17 heavy (non-hydrogen) atoms. The first-order valence-electron chi connectivity index (χ1n) is 6.02. The molecule has 2 nitrogen and oxygen atoms in total. The Bertz CT molecular complexity index is 338. The number of thiophene rings is 1. The summed E-state index contributed by atoms with van der Waals surface area (Å²) in [6.07, 6.45) is 2.15. The Balaban J connectivity index is 2.61. The molecular formula is C13H22BrNOS. The molecule has 4 heteroatoms. The largest absolute Gasteiger partial charge is 0.379 e. The highest BCUT2D eigenvalue weighted by atomic mass is 79.9. The third-order valence-electron chi connectivity index (χ3n) is 2.98. The molecule has 0 aliphatic heterocycles. The van der Waals surface area contributed by atoms with Crippen molar-refractivity contribution in [3.05, 3.63) is 20.8 Å². The number of nitrogens with one attached hydrogen (secondary N) is 1. The van der Waals surface area contributed by atoms with Crippen LogP contribution >= 0.6 is 27.3 Å². The van der Waals surface area contributed by atoms with Gasteiger partial charge in [-0.2, -0.15) is 0 Å². The first-order chi connectivity index (χ1) is 7.98. The van der Waals surface area contributed by atoms with E-state index in [1.807, 2.05) is 11.3 Å². The fourth-order valence-electron chi connectivity index (χ4n) is 1.70. The maximum absolute atomic E-state index is 5.47. The van der Waals surface area contributed by atoms with E-state index in [9.17, 15) is 0 Å². The normalized spacial score (nSPS) is 13.9. The number of halogens is 1. The zero-order chi connectivity index (χ0) is 12.9. The van der Waals surface area contributed by atoms with Crippen molar-refractivity contribution in [2.24, 2.45) is 0 Å². The second-order valence-electron chi connectivity index (χ2n) is 4.75. The standard InChI is InChI=1S/C13H22BrNOS/c1-5-15-10(8-9-13(2,3)16-4)11-6-7-12(14)17-11/h6-7,10,15H,5,8-9H2,1-4H3. The van der Waals surface area contributed by atoms with E-state index >= 15 is 0 Å². The van der Waals surface area contributed by atoms with Gasteiger partial charge in [0, 0.05) is 18.0 Å². The van der Waals surface area contributed by atoms with Gasteiger partial charge < -0.3 is 10.1 Å².